The molecule has 3 heterocycles. The first kappa shape index (κ1) is 17.4. The van der Waals surface area contributed by atoms with Crippen LogP contribution in [0.5, 0.6) is 0 Å². The predicted octanol–water partition coefficient (Wildman–Crippen LogP) is 3.05. The number of hydrogen-bond acceptors (Lipinski definition) is 4. The van der Waals surface area contributed by atoms with Crippen molar-refractivity contribution >= 4 is 11.9 Å². The Morgan fingerprint density at radius 1 is 1.19 bits per heavy atom. The van der Waals surface area contributed by atoms with E-state index in [1.807, 2.05) is 4.90 Å². The molecule has 1 amide bonds. The zero-order valence-electron chi connectivity index (χ0n) is 15.2. The average Bonchev–Trinajstić information content (AvgIpc) is 3.45. The van der Waals surface area contributed by atoms with Crippen LogP contribution in [0.1, 0.15) is 50.0 Å². The minimum atomic E-state index is -0.461. The van der Waals surface area contributed by atoms with Gasteiger partial charge in [0.05, 0.1) is 18.2 Å². The van der Waals surface area contributed by atoms with Crippen molar-refractivity contribution in [2.75, 3.05) is 6.54 Å². The molecule has 2 aliphatic carbocycles. The van der Waals surface area contributed by atoms with Crippen LogP contribution in [0.2, 0.25) is 0 Å². The fourth-order valence-corrected chi connectivity index (χ4v) is 4.72. The fourth-order valence-electron chi connectivity index (χ4n) is 4.72. The molecule has 4 aliphatic rings. The predicted molar refractivity (Wildman–Crippen MR) is 92.7 cm³/mol. The number of rotatable bonds is 3. The number of nitrogens with zero attached hydrogens (tertiary/aromatic N) is 2. The van der Waals surface area contributed by atoms with E-state index >= 15 is 0 Å². The Hall–Kier alpha value is -1.98. The number of fused-ring (bicyclic) bond motifs is 4. The lowest BCUT2D eigenvalue weighted by atomic mass is 9.85. The summed E-state index contributed by atoms with van der Waals surface area (Å²) < 4.78 is 19.1. The summed E-state index contributed by atoms with van der Waals surface area (Å²) in [5.41, 5.74) is 0.242. The van der Waals surface area contributed by atoms with Crippen LogP contribution in [0, 0.1) is 29.5 Å². The number of amides is 1. The minimum absolute atomic E-state index is 0.0425. The van der Waals surface area contributed by atoms with E-state index in [0.29, 0.717) is 12.5 Å². The molecule has 1 aromatic heterocycles. The summed E-state index contributed by atoms with van der Waals surface area (Å²) in [5.74, 6) is 0.125. The molecular weight excluding hydrogens is 335 g/mol. The molecule has 26 heavy (non-hydrogen) atoms. The van der Waals surface area contributed by atoms with Crippen molar-refractivity contribution in [1.29, 1.82) is 0 Å². The first-order chi connectivity index (χ1) is 12.4. The van der Waals surface area contributed by atoms with Crippen LogP contribution in [0.25, 0.3) is 0 Å². The van der Waals surface area contributed by atoms with E-state index in [9.17, 15) is 14.0 Å². The number of carbonyl (C=O) groups excluding carboxylic acids is 2. The van der Waals surface area contributed by atoms with Gasteiger partial charge in [0.1, 0.15) is 17.6 Å². The number of piperidine rings is 1. The van der Waals surface area contributed by atoms with E-state index in [1.165, 1.54) is 12.1 Å². The van der Waals surface area contributed by atoms with E-state index in [0.717, 1.165) is 31.9 Å². The van der Waals surface area contributed by atoms with Crippen molar-refractivity contribution in [1.82, 2.24) is 9.88 Å². The van der Waals surface area contributed by atoms with Gasteiger partial charge in [0, 0.05) is 6.54 Å². The summed E-state index contributed by atoms with van der Waals surface area (Å²) in [4.78, 5) is 31.2. The molecule has 0 aromatic carbocycles. The summed E-state index contributed by atoms with van der Waals surface area (Å²) in [6.45, 7) is 4.90. The van der Waals surface area contributed by atoms with Crippen molar-refractivity contribution in [2.24, 2.45) is 23.7 Å². The zero-order chi connectivity index (χ0) is 18.4. The molecule has 4 fully saturated rings. The second kappa shape index (κ2) is 6.63. The number of pyridine rings is 1. The fraction of sp³-hybridized carbons (Fsp3) is 0.650. The van der Waals surface area contributed by atoms with Crippen LogP contribution in [0.3, 0.4) is 0 Å². The van der Waals surface area contributed by atoms with Gasteiger partial charge in [-0.2, -0.15) is 0 Å². The van der Waals surface area contributed by atoms with Crippen molar-refractivity contribution in [3.63, 3.8) is 0 Å². The van der Waals surface area contributed by atoms with Crippen LogP contribution < -0.4 is 0 Å². The molecule has 2 saturated heterocycles. The molecule has 5 atom stereocenters. The number of carbonyl (C=O) groups is 2. The summed E-state index contributed by atoms with van der Waals surface area (Å²) >= 11 is 0. The number of halogens is 1. The zero-order valence-corrected chi connectivity index (χ0v) is 15.2. The van der Waals surface area contributed by atoms with Gasteiger partial charge in [0.2, 0.25) is 0 Å². The maximum Gasteiger partial charge on any atom is 0.309 e. The average molecular weight is 360 g/mol. The first-order valence-electron chi connectivity index (χ1n) is 9.57. The first-order valence-corrected chi connectivity index (χ1v) is 9.57. The maximum atomic E-state index is 13.2. The molecule has 140 valence electrons. The van der Waals surface area contributed by atoms with Gasteiger partial charge in [-0.3, -0.25) is 9.59 Å². The van der Waals surface area contributed by atoms with Gasteiger partial charge >= 0.3 is 5.97 Å². The molecule has 1 aromatic rings. The third kappa shape index (κ3) is 3.21. The summed E-state index contributed by atoms with van der Waals surface area (Å²) in [6.07, 6.45) is 4.59. The third-order valence-electron chi connectivity index (χ3n) is 6.08. The quantitative estimate of drug-likeness (QED) is 0.778. The van der Waals surface area contributed by atoms with E-state index < -0.39 is 5.82 Å². The van der Waals surface area contributed by atoms with E-state index in [4.69, 9.17) is 4.74 Å². The Labute approximate surface area is 152 Å². The number of ether oxygens (including phenoxy) is 1. The van der Waals surface area contributed by atoms with E-state index in [2.05, 4.69) is 18.8 Å². The third-order valence-corrected chi connectivity index (χ3v) is 6.08. The normalized spacial score (nSPS) is 33.7. The molecule has 0 radical (unpaired) electrons. The molecule has 2 saturated carbocycles. The van der Waals surface area contributed by atoms with Gasteiger partial charge in [0.25, 0.3) is 5.91 Å². The molecule has 5 rings (SSSR count). The van der Waals surface area contributed by atoms with E-state index in [1.54, 1.807) is 0 Å². The second-order valence-corrected chi connectivity index (χ2v) is 8.28. The Balaban J connectivity index is 1.62. The summed E-state index contributed by atoms with van der Waals surface area (Å²) in [7, 11) is 0. The van der Waals surface area contributed by atoms with Gasteiger partial charge < -0.3 is 9.64 Å². The Morgan fingerprint density at radius 2 is 1.92 bits per heavy atom. The monoisotopic (exact) mass is 360 g/mol. The molecular formula is C20H25FN2O3. The summed E-state index contributed by atoms with van der Waals surface area (Å²) in [6, 6.07) is 2.54. The van der Waals surface area contributed by atoms with Gasteiger partial charge in [-0.05, 0) is 55.6 Å². The van der Waals surface area contributed by atoms with Crippen molar-refractivity contribution in [3.8, 4) is 0 Å². The highest BCUT2D eigenvalue weighted by Gasteiger charge is 2.49. The highest BCUT2D eigenvalue weighted by Crippen LogP contribution is 2.42. The SMILES string of the molecule is C[C@@H]1C[C@@H]2C[C@H](C)[C@@H]([C@@H]1OC(=O)C1CC1)N(C(=O)c1ccc(F)cn1)C2. The van der Waals surface area contributed by atoms with Crippen LogP contribution in [0.15, 0.2) is 18.3 Å². The van der Waals surface area contributed by atoms with Crippen LogP contribution >= 0.6 is 0 Å². The number of hydrogen-bond donors (Lipinski definition) is 0. The Kier molecular flexibility index (Phi) is 4.45. The lowest BCUT2D eigenvalue weighted by Crippen LogP contribution is -2.55. The van der Waals surface area contributed by atoms with Crippen molar-refractivity contribution in [3.05, 3.63) is 29.8 Å². The lowest BCUT2D eigenvalue weighted by molar-refractivity contribution is -0.157. The minimum Gasteiger partial charge on any atom is -0.460 e. The van der Waals surface area contributed by atoms with E-state index in [-0.39, 0.29) is 47.5 Å². The van der Waals surface area contributed by atoms with Gasteiger partial charge in [-0.25, -0.2) is 9.37 Å². The van der Waals surface area contributed by atoms with Crippen molar-refractivity contribution < 1.29 is 18.7 Å². The molecule has 2 aliphatic heterocycles. The molecule has 0 N–H and O–H groups in total. The van der Waals surface area contributed by atoms with Gasteiger partial charge in [-0.1, -0.05) is 13.8 Å². The van der Waals surface area contributed by atoms with Gasteiger partial charge in [0.15, 0.2) is 0 Å². The molecule has 2 bridgehead atoms. The summed E-state index contributed by atoms with van der Waals surface area (Å²) in [5, 5.41) is 0. The smallest absolute Gasteiger partial charge is 0.309 e. The van der Waals surface area contributed by atoms with Crippen molar-refractivity contribution in [2.45, 2.75) is 51.7 Å². The highest BCUT2D eigenvalue weighted by molar-refractivity contribution is 5.92. The lowest BCUT2D eigenvalue weighted by Gasteiger charge is -2.43. The standard InChI is InChI=1S/C20H25FN2O3/c1-11-7-13-8-12(2)18(26-20(25)14-3-4-14)17(11)23(10-13)19(24)16-6-5-15(21)9-22-16/h5-6,9,11-14,17-18H,3-4,7-8,10H2,1-2H3/t11-,12+,13-,17-,18+/m0/s1. The molecule has 0 unspecified atom stereocenters. The number of esters is 1. The highest BCUT2D eigenvalue weighted by atomic mass is 19.1. The maximum absolute atomic E-state index is 13.2. The topological polar surface area (TPSA) is 59.5 Å². The van der Waals surface area contributed by atoms with Crippen LogP contribution in [-0.4, -0.2) is 40.5 Å². The second-order valence-electron chi connectivity index (χ2n) is 8.28. The van der Waals surface area contributed by atoms with Crippen LogP contribution in [-0.2, 0) is 9.53 Å². The molecule has 6 heteroatoms. The van der Waals surface area contributed by atoms with Gasteiger partial charge in [-0.15, -0.1) is 0 Å². The van der Waals surface area contributed by atoms with Crippen LogP contribution in [0.4, 0.5) is 4.39 Å². The number of aromatic nitrogens is 1. The molecule has 5 nitrogen and oxygen atoms in total. The Morgan fingerprint density at radius 3 is 2.58 bits per heavy atom. The Bertz CT molecular complexity index is 704. The largest absolute Gasteiger partial charge is 0.460 e. The molecule has 0 spiro atoms.